The van der Waals surface area contributed by atoms with Crippen molar-refractivity contribution in [3.05, 3.63) is 53.0 Å². The van der Waals surface area contributed by atoms with Crippen LogP contribution in [-0.2, 0) is 14.1 Å². The van der Waals surface area contributed by atoms with E-state index in [-0.39, 0.29) is 5.91 Å². The minimum atomic E-state index is -0.221. The zero-order chi connectivity index (χ0) is 21.6. The highest BCUT2D eigenvalue weighted by atomic mass is 16.5. The fourth-order valence-corrected chi connectivity index (χ4v) is 3.69. The Kier molecular flexibility index (Phi) is 4.77. The van der Waals surface area contributed by atoms with Crippen LogP contribution in [0.5, 0.6) is 5.75 Å². The Hall–Kier alpha value is -3.68. The summed E-state index contributed by atoms with van der Waals surface area (Å²) < 4.78 is 8.80. The number of carbonyl (C=O) groups excluding carboxylic acids is 1. The van der Waals surface area contributed by atoms with Crippen LogP contribution < -0.4 is 10.1 Å². The van der Waals surface area contributed by atoms with Crippen LogP contribution in [0.25, 0.3) is 22.3 Å². The van der Waals surface area contributed by atoms with Crippen molar-refractivity contribution in [3.8, 4) is 17.0 Å². The van der Waals surface area contributed by atoms with Gasteiger partial charge in [0.15, 0.2) is 5.65 Å². The van der Waals surface area contributed by atoms with Gasteiger partial charge in [-0.15, -0.1) is 0 Å². The summed E-state index contributed by atoms with van der Waals surface area (Å²) in [4.78, 5) is 18.2. The molecule has 30 heavy (non-hydrogen) atoms. The molecule has 0 aliphatic heterocycles. The number of nitrogens with zero attached hydrogens (tertiary/aromatic N) is 5. The maximum Gasteiger partial charge on any atom is 0.256 e. The second-order valence-electron chi connectivity index (χ2n) is 7.32. The normalized spacial score (nSPS) is 11.1. The molecule has 0 unspecified atom stereocenters. The van der Waals surface area contributed by atoms with E-state index in [2.05, 4.69) is 15.5 Å². The Labute approximate surface area is 174 Å². The van der Waals surface area contributed by atoms with E-state index in [1.54, 1.807) is 16.5 Å². The maximum absolute atomic E-state index is 13.4. The van der Waals surface area contributed by atoms with E-state index in [1.165, 1.54) is 0 Å². The summed E-state index contributed by atoms with van der Waals surface area (Å²) in [6, 6.07) is 9.42. The molecule has 0 bridgehead atoms. The number of hydrogen-bond acceptors (Lipinski definition) is 5. The Balaban J connectivity index is 1.88. The maximum atomic E-state index is 13.4. The van der Waals surface area contributed by atoms with E-state index in [0.717, 1.165) is 39.5 Å². The number of hydrogen-bond donors (Lipinski definition) is 1. The largest absolute Gasteiger partial charge is 0.497 e. The number of rotatable bonds is 4. The van der Waals surface area contributed by atoms with Crippen LogP contribution >= 0.6 is 0 Å². The number of aryl methyl sites for hydroxylation is 4. The lowest BCUT2D eigenvalue weighted by Crippen LogP contribution is -2.14. The number of pyridine rings is 1. The Morgan fingerprint density at radius 2 is 1.77 bits per heavy atom. The Morgan fingerprint density at radius 1 is 1.03 bits per heavy atom. The SMILES string of the molecule is COc1cccc(-c2cc(C(=O)Nc3c(C)nn(C)c3C)c3c(C)nn(C)c3n2)c1. The number of aromatic nitrogens is 5. The molecule has 0 aliphatic rings. The molecule has 0 atom stereocenters. The lowest BCUT2D eigenvalue weighted by atomic mass is 10.0. The molecule has 0 fully saturated rings. The standard InChI is InChI=1S/C22H24N6O2/c1-12-19-17(22(29)24-20-13(2)26-27(4)14(20)3)11-18(23-21(19)28(5)25-12)15-8-7-9-16(10-15)30-6/h7-11H,1-6H3,(H,24,29). The summed E-state index contributed by atoms with van der Waals surface area (Å²) in [6.07, 6.45) is 0. The zero-order valence-corrected chi connectivity index (χ0v) is 17.9. The third kappa shape index (κ3) is 3.20. The van der Waals surface area contributed by atoms with Crippen molar-refractivity contribution in [3.63, 3.8) is 0 Å². The monoisotopic (exact) mass is 404 g/mol. The van der Waals surface area contributed by atoms with E-state index in [4.69, 9.17) is 9.72 Å². The van der Waals surface area contributed by atoms with Crippen molar-refractivity contribution in [2.45, 2.75) is 20.8 Å². The topological polar surface area (TPSA) is 86.9 Å². The molecule has 8 nitrogen and oxygen atoms in total. The molecule has 4 aromatic rings. The minimum absolute atomic E-state index is 0.221. The molecule has 0 spiro atoms. The molecule has 3 heterocycles. The molecule has 1 aromatic carbocycles. The average Bonchev–Trinajstić information content (AvgIpc) is 3.16. The molecule has 0 saturated heterocycles. The summed E-state index contributed by atoms with van der Waals surface area (Å²) in [5.74, 6) is 0.505. The fraction of sp³-hybridized carbons (Fsp3) is 0.273. The van der Waals surface area contributed by atoms with E-state index < -0.39 is 0 Å². The summed E-state index contributed by atoms with van der Waals surface area (Å²) in [5, 5.41) is 12.6. The van der Waals surface area contributed by atoms with Gasteiger partial charge in [-0.05, 0) is 39.0 Å². The van der Waals surface area contributed by atoms with Crippen molar-refractivity contribution >= 4 is 22.6 Å². The van der Waals surface area contributed by atoms with Gasteiger partial charge >= 0.3 is 0 Å². The highest BCUT2D eigenvalue weighted by Gasteiger charge is 2.21. The third-order valence-corrected chi connectivity index (χ3v) is 5.33. The van der Waals surface area contributed by atoms with Crippen molar-refractivity contribution in [1.29, 1.82) is 0 Å². The Morgan fingerprint density at radius 3 is 2.43 bits per heavy atom. The first kappa shape index (κ1) is 19.6. The van der Waals surface area contributed by atoms with Crippen LogP contribution in [0.2, 0.25) is 0 Å². The van der Waals surface area contributed by atoms with Crippen LogP contribution in [0.1, 0.15) is 27.4 Å². The van der Waals surface area contributed by atoms with Gasteiger partial charge in [0.2, 0.25) is 0 Å². The van der Waals surface area contributed by atoms with E-state index in [0.29, 0.717) is 16.9 Å². The molecular weight excluding hydrogens is 380 g/mol. The molecule has 8 heteroatoms. The van der Waals surface area contributed by atoms with Crippen LogP contribution in [0, 0.1) is 20.8 Å². The first-order valence-corrected chi connectivity index (χ1v) is 9.60. The second-order valence-corrected chi connectivity index (χ2v) is 7.32. The first-order valence-electron chi connectivity index (χ1n) is 9.60. The number of benzene rings is 1. The summed E-state index contributed by atoms with van der Waals surface area (Å²) in [5.41, 5.74) is 5.83. The number of nitrogens with one attached hydrogen (secondary N) is 1. The average molecular weight is 404 g/mol. The molecular formula is C22H24N6O2. The van der Waals surface area contributed by atoms with Gasteiger partial charge in [-0.3, -0.25) is 14.2 Å². The van der Waals surface area contributed by atoms with Gasteiger partial charge in [0.05, 0.1) is 46.5 Å². The minimum Gasteiger partial charge on any atom is -0.497 e. The second kappa shape index (κ2) is 7.29. The van der Waals surface area contributed by atoms with Gasteiger partial charge in [-0.1, -0.05) is 12.1 Å². The van der Waals surface area contributed by atoms with Crippen LogP contribution in [0.3, 0.4) is 0 Å². The first-order chi connectivity index (χ1) is 14.3. The quantitative estimate of drug-likeness (QED) is 0.562. The molecule has 0 aliphatic carbocycles. The van der Waals surface area contributed by atoms with Gasteiger partial charge < -0.3 is 10.1 Å². The molecule has 0 saturated carbocycles. The highest BCUT2D eigenvalue weighted by molar-refractivity contribution is 6.13. The summed E-state index contributed by atoms with van der Waals surface area (Å²) in [6.45, 7) is 5.68. The molecule has 3 aromatic heterocycles. The number of anilines is 1. The van der Waals surface area contributed by atoms with Gasteiger partial charge in [-0.2, -0.15) is 10.2 Å². The summed E-state index contributed by atoms with van der Waals surface area (Å²) >= 11 is 0. The third-order valence-electron chi connectivity index (χ3n) is 5.33. The highest BCUT2D eigenvalue weighted by Crippen LogP contribution is 2.29. The molecule has 4 rings (SSSR count). The smallest absolute Gasteiger partial charge is 0.256 e. The number of methoxy groups -OCH3 is 1. The van der Waals surface area contributed by atoms with Gasteiger partial charge in [0.25, 0.3) is 5.91 Å². The Bertz CT molecular complexity index is 1280. The lowest BCUT2D eigenvalue weighted by molar-refractivity contribution is 0.102. The van der Waals surface area contributed by atoms with E-state index in [9.17, 15) is 4.79 Å². The molecule has 1 amide bonds. The van der Waals surface area contributed by atoms with Crippen molar-refractivity contribution in [1.82, 2.24) is 24.5 Å². The van der Waals surface area contributed by atoms with Crippen molar-refractivity contribution < 1.29 is 9.53 Å². The van der Waals surface area contributed by atoms with E-state index >= 15 is 0 Å². The summed E-state index contributed by atoms with van der Waals surface area (Å²) in [7, 11) is 5.31. The van der Waals surface area contributed by atoms with Gasteiger partial charge in [0.1, 0.15) is 5.75 Å². The van der Waals surface area contributed by atoms with Crippen LogP contribution in [0.15, 0.2) is 30.3 Å². The number of carbonyl (C=O) groups is 1. The molecule has 154 valence electrons. The predicted molar refractivity (Wildman–Crippen MR) is 116 cm³/mol. The zero-order valence-electron chi connectivity index (χ0n) is 17.9. The van der Waals surface area contributed by atoms with Crippen LogP contribution in [-0.4, -0.2) is 37.6 Å². The molecule has 0 radical (unpaired) electrons. The van der Waals surface area contributed by atoms with Gasteiger partial charge in [0, 0.05) is 19.7 Å². The van der Waals surface area contributed by atoms with Gasteiger partial charge in [-0.25, -0.2) is 4.98 Å². The van der Waals surface area contributed by atoms with E-state index in [1.807, 2.05) is 65.2 Å². The number of amides is 1. The van der Waals surface area contributed by atoms with Crippen LogP contribution in [0.4, 0.5) is 5.69 Å². The fourth-order valence-electron chi connectivity index (χ4n) is 3.69. The number of fused-ring (bicyclic) bond motifs is 1. The van der Waals surface area contributed by atoms with Crippen molar-refractivity contribution in [2.75, 3.05) is 12.4 Å². The molecule has 1 N–H and O–H groups in total. The number of ether oxygens (including phenoxy) is 1. The predicted octanol–water partition coefficient (Wildman–Crippen LogP) is 3.55. The lowest BCUT2D eigenvalue weighted by Gasteiger charge is -2.10. The van der Waals surface area contributed by atoms with Crippen molar-refractivity contribution in [2.24, 2.45) is 14.1 Å².